The second kappa shape index (κ2) is 4.29. The Labute approximate surface area is 89.2 Å². The first-order valence-electron chi connectivity index (χ1n) is 5.08. The molecule has 1 aromatic rings. The van der Waals surface area contributed by atoms with Crippen LogP contribution in [0.3, 0.4) is 0 Å². The summed E-state index contributed by atoms with van der Waals surface area (Å²) in [6.07, 6.45) is 4.15. The average Bonchev–Trinajstić information content (AvgIpc) is 3.10. The van der Waals surface area contributed by atoms with E-state index in [1.54, 1.807) is 13.3 Å². The molecule has 1 fully saturated rings. The highest BCUT2D eigenvalue weighted by molar-refractivity contribution is 5.84. The quantitative estimate of drug-likeness (QED) is 0.596. The Kier molecular flexibility index (Phi) is 2.85. The van der Waals surface area contributed by atoms with E-state index in [9.17, 15) is 0 Å². The second-order valence-corrected chi connectivity index (χ2v) is 3.72. The van der Waals surface area contributed by atoms with Crippen LogP contribution in [0.5, 0.6) is 5.88 Å². The zero-order valence-corrected chi connectivity index (χ0v) is 8.81. The molecule has 0 aromatic carbocycles. The van der Waals surface area contributed by atoms with E-state index >= 15 is 0 Å². The minimum Gasteiger partial charge on any atom is -0.481 e. The van der Waals surface area contributed by atoms with Gasteiger partial charge in [0.2, 0.25) is 5.88 Å². The number of pyridine rings is 1. The minimum atomic E-state index is 0.538. The van der Waals surface area contributed by atoms with Crippen LogP contribution in [0.2, 0.25) is 0 Å². The summed E-state index contributed by atoms with van der Waals surface area (Å²) in [5.74, 6) is 1.94. The Bertz CT molecular complexity index is 355. The number of hydrogen-bond donors (Lipinski definition) is 1. The molecule has 1 aliphatic rings. The molecule has 80 valence electrons. The van der Waals surface area contributed by atoms with E-state index in [1.807, 2.05) is 12.1 Å². The van der Waals surface area contributed by atoms with E-state index in [2.05, 4.69) is 9.98 Å². The Morgan fingerprint density at radius 1 is 1.60 bits per heavy atom. The molecule has 1 heterocycles. The topological polar surface area (TPSA) is 60.5 Å². The van der Waals surface area contributed by atoms with Gasteiger partial charge in [-0.25, -0.2) is 4.98 Å². The van der Waals surface area contributed by atoms with Crippen LogP contribution in [0, 0.1) is 5.92 Å². The van der Waals surface area contributed by atoms with Gasteiger partial charge in [0.15, 0.2) is 0 Å². The Morgan fingerprint density at radius 3 is 2.93 bits per heavy atom. The van der Waals surface area contributed by atoms with Gasteiger partial charge in [0.05, 0.1) is 19.5 Å². The Morgan fingerprint density at radius 2 is 2.40 bits per heavy atom. The fourth-order valence-corrected chi connectivity index (χ4v) is 1.32. The summed E-state index contributed by atoms with van der Waals surface area (Å²) >= 11 is 0. The molecular formula is C11H15N3O. The minimum absolute atomic E-state index is 0.538. The lowest BCUT2D eigenvalue weighted by atomic mass is 10.3. The monoisotopic (exact) mass is 205 g/mol. The molecule has 0 spiro atoms. The summed E-state index contributed by atoms with van der Waals surface area (Å²) in [7, 11) is 1.60. The van der Waals surface area contributed by atoms with Crippen LogP contribution >= 0.6 is 0 Å². The van der Waals surface area contributed by atoms with Gasteiger partial charge in [0, 0.05) is 18.2 Å². The first kappa shape index (κ1) is 9.96. The first-order chi connectivity index (χ1) is 7.29. The molecule has 0 saturated heterocycles. The fraction of sp³-hybridized carbons (Fsp3) is 0.455. The van der Waals surface area contributed by atoms with E-state index in [4.69, 9.17) is 10.5 Å². The standard InChI is InChI=1S/C11H15N3O/c1-15-10-5-2-8(6-13-10)7-14-11(12)9-3-4-9/h2,5-6,9H,3-4,7H2,1H3,(H2,12,14). The van der Waals surface area contributed by atoms with E-state index in [0.29, 0.717) is 18.3 Å². The number of methoxy groups -OCH3 is 1. The SMILES string of the molecule is COc1ccc(CN=C(N)C2CC2)cn1. The highest BCUT2D eigenvalue weighted by Gasteiger charge is 2.25. The lowest BCUT2D eigenvalue weighted by Gasteiger charge is -2.00. The molecule has 1 aliphatic carbocycles. The number of rotatable bonds is 4. The number of hydrogen-bond acceptors (Lipinski definition) is 3. The molecule has 4 nitrogen and oxygen atoms in total. The molecule has 0 amide bonds. The molecule has 1 aromatic heterocycles. The van der Waals surface area contributed by atoms with Gasteiger partial charge in [-0.05, 0) is 18.4 Å². The van der Waals surface area contributed by atoms with Crippen molar-refractivity contribution in [3.63, 3.8) is 0 Å². The summed E-state index contributed by atoms with van der Waals surface area (Å²) in [4.78, 5) is 8.43. The fourth-order valence-electron chi connectivity index (χ4n) is 1.32. The van der Waals surface area contributed by atoms with E-state index < -0.39 is 0 Å². The van der Waals surface area contributed by atoms with Crippen molar-refractivity contribution in [3.05, 3.63) is 23.9 Å². The summed E-state index contributed by atoms with van der Waals surface area (Å²) in [6, 6.07) is 3.79. The van der Waals surface area contributed by atoms with Crippen molar-refractivity contribution in [1.29, 1.82) is 0 Å². The predicted molar refractivity (Wildman–Crippen MR) is 58.8 cm³/mol. The number of nitrogens with zero attached hydrogens (tertiary/aromatic N) is 2. The number of aromatic nitrogens is 1. The molecule has 15 heavy (non-hydrogen) atoms. The number of nitrogens with two attached hydrogens (primary N) is 1. The lowest BCUT2D eigenvalue weighted by Crippen LogP contribution is -2.14. The third-order valence-electron chi connectivity index (χ3n) is 2.45. The van der Waals surface area contributed by atoms with Crippen LogP contribution in [-0.4, -0.2) is 17.9 Å². The molecule has 4 heteroatoms. The summed E-state index contributed by atoms with van der Waals surface area (Å²) in [6.45, 7) is 0.610. The van der Waals surface area contributed by atoms with Crippen LogP contribution in [0.4, 0.5) is 0 Å². The summed E-state index contributed by atoms with van der Waals surface area (Å²) in [5.41, 5.74) is 6.84. The number of ether oxygens (including phenoxy) is 1. The zero-order valence-electron chi connectivity index (χ0n) is 8.81. The van der Waals surface area contributed by atoms with Gasteiger partial charge in [-0.3, -0.25) is 4.99 Å². The summed E-state index contributed by atoms with van der Waals surface area (Å²) < 4.78 is 4.97. The van der Waals surface area contributed by atoms with Crippen molar-refractivity contribution in [3.8, 4) is 5.88 Å². The maximum atomic E-state index is 5.79. The third-order valence-corrected chi connectivity index (χ3v) is 2.45. The number of aliphatic imine (C=N–C) groups is 1. The van der Waals surface area contributed by atoms with Crippen molar-refractivity contribution < 1.29 is 4.74 Å². The molecule has 0 bridgehead atoms. The van der Waals surface area contributed by atoms with Gasteiger partial charge in [-0.1, -0.05) is 6.07 Å². The molecular weight excluding hydrogens is 190 g/mol. The van der Waals surface area contributed by atoms with Crippen LogP contribution < -0.4 is 10.5 Å². The van der Waals surface area contributed by atoms with Gasteiger partial charge in [0.1, 0.15) is 0 Å². The van der Waals surface area contributed by atoms with Crippen molar-refractivity contribution in [2.45, 2.75) is 19.4 Å². The largest absolute Gasteiger partial charge is 0.481 e. The van der Waals surface area contributed by atoms with E-state index in [1.165, 1.54) is 12.8 Å². The highest BCUT2D eigenvalue weighted by atomic mass is 16.5. The van der Waals surface area contributed by atoms with Crippen LogP contribution in [-0.2, 0) is 6.54 Å². The van der Waals surface area contributed by atoms with Gasteiger partial charge >= 0.3 is 0 Å². The Hall–Kier alpha value is -1.58. The maximum absolute atomic E-state index is 5.79. The van der Waals surface area contributed by atoms with Crippen LogP contribution in [0.1, 0.15) is 18.4 Å². The molecule has 0 atom stereocenters. The van der Waals surface area contributed by atoms with E-state index in [0.717, 1.165) is 11.4 Å². The summed E-state index contributed by atoms with van der Waals surface area (Å²) in [5, 5.41) is 0. The maximum Gasteiger partial charge on any atom is 0.212 e. The molecule has 1 saturated carbocycles. The normalized spacial score (nSPS) is 16.5. The van der Waals surface area contributed by atoms with Gasteiger partial charge < -0.3 is 10.5 Å². The molecule has 2 rings (SSSR count). The van der Waals surface area contributed by atoms with Crippen molar-refractivity contribution >= 4 is 5.84 Å². The molecule has 0 radical (unpaired) electrons. The van der Waals surface area contributed by atoms with Crippen molar-refractivity contribution in [2.24, 2.45) is 16.6 Å². The van der Waals surface area contributed by atoms with Crippen molar-refractivity contribution in [1.82, 2.24) is 4.98 Å². The average molecular weight is 205 g/mol. The van der Waals surface area contributed by atoms with Crippen molar-refractivity contribution in [2.75, 3.05) is 7.11 Å². The Balaban J connectivity index is 1.95. The third kappa shape index (κ3) is 2.68. The zero-order chi connectivity index (χ0) is 10.7. The molecule has 0 aliphatic heterocycles. The first-order valence-corrected chi connectivity index (χ1v) is 5.08. The lowest BCUT2D eigenvalue weighted by molar-refractivity contribution is 0.397. The smallest absolute Gasteiger partial charge is 0.212 e. The highest BCUT2D eigenvalue weighted by Crippen LogP contribution is 2.28. The number of amidine groups is 1. The molecule has 2 N–H and O–H groups in total. The second-order valence-electron chi connectivity index (χ2n) is 3.72. The van der Waals surface area contributed by atoms with Gasteiger partial charge in [0.25, 0.3) is 0 Å². The van der Waals surface area contributed by atoms with Crippen LogP contribution in [0.25, 0.3) is 0 Å². The predicted octanol–water partition coefficient (Wildman–Crippen LogP) is 1.36. The molecule has 0 unspecified atom stereocenters. The van der Waals surface area contributed by atoms with Gasteiger partial charge in [-0.15, -0.1) is 0 Å². The van der Waals surface area contributed by atoms with E-state index in [-0.39, 0.29) is 0 Å². The van der Waals surface area contributed by atoms with Gasteiger partial charge in [-0.2, -0.15) is 0 Å². The van der Waals surface area contributed by atoms with Crippen LogP contribution in [0.15, 0.2) is 23.3 Å².